The highest BCUT2D eigenvalue weighted by Crippen LogP contribution is 2.30. The third-order valence-corrected chi connectivity index (χ3v) is 5.62. The van der Waals surface area contributed by atoms with E-state index in [4.69, 9.17) is 11.6 Å². The molecule has 20 heavy (non-hydrogen) atoms. The van der Waals surface area contributed by atoms with Crippen LogP contribution in [0.25, 0.3) is 0 Å². The van der Waals surface area contributed by atoms with E-state index < -0.39 is 15.8 Å². The van der Waals surface area contributed by atoms with Crippen molar-refractivity contribution in [2.24, 2.45) is 0 Å². The van der Waals surface area contributed by atoms with Crippen LogP contribution in [0.4, 0.5) is 10.1 Å². The predicted molar refractivity (Wildman–Crippen MR) is 84.1 cm³/mol. The van der Waals surface area contributed by atoms with Gasteiger partial charge < -0.3 is 0 Å². The van der Waals surface area contributed by atoms with Crippen LogP contribution in [0.3, 0.4) is 0 Å². The smallest absolute Gasteiger partial charge is 0.263 e. The molecule has 0 aliphatic rings. The van der Waals surface area contributed by atoms with E-state index in [0.29, 0.717) is 15.2 Å². The summed E-state index contributed by atoms with van der Waals surface area (Å²) >= 11 is 12.1. The largest absolute Gasteiger partial charge is 0.278 e. The number of rotatable bonds is 3. The Morgan fingerprint density at radius 1 is 1.05 bits per heavy atom. The van der Waals surface area contributed by atoms with Crippen LogP contribution in [0, 0.1) is 5.82 Å². The van der Waals surface area contributed by atoms with E-state index in [1.165, 1.54) is 12.1 Å². The van der Waals surface area contributed by atoms with Crippen LogP contribution in [0.15, 0.2) is 50.2 Å². The summed E-state index contributed by atoms with van der Waals surface area (Å²) in [5.74, 6) is -0.528. The van der Waals surface area contributed by atoms with Gasteiger partial charge in [0.25, 0.3) is 10.0 Å². The first-order chi connectivity index (χ1) is 9.29. The minimum absolute atomic E-state index is 0.0641. The van der Waals surface area contributed by atoms with E-state index >= 15 is 0 Å². The standard InChI is InChI=1S/C12H7Br2ClFNO2S/c13-9-3-1-7(15)5-11(9)17-20(18,19)12-4-2-8(16)6-10(12)14/h1-6,17H. The molecule has 2 aromatic carbocycles. The van der Waals surface area contributed by atoms with Gasteiger partial charge in [0, 0.05) is 14.0 Å². The Kier molecular flexibility index (Phi) is 4.73. The SMILES string of the molecule is O=S(=O)(Nc1cc(Cl)ccc1Br)c1ccc(F)cc1Br. The maximum Gasteiger partial charge on any atom is 0.263 e. The molecule has 0 spiro atoms. The second-order valence-electron chi connectivity index (χ2n) is 3.80. The van der Waals surface area contributed by atoms with Crippen molar-refractivity contribution in [1.82, 2.24) is 0 Å². The summed E-state index contributed by atoms with van der Waals surface area (Å²) in [7, 11) is -3.85. The average molecular weight is 444 g/mol. The molecule has 0 aliphatic carbocycles. The summed E-state index contributed by atoms with van der Waals surface area (Å²) in [6.07, 6.45) is 0. The van der Waals surface area contributed by atoms with Crippen molar-refractivity contribution in [3.63, 3.8) is 0 Å². The molecule has 0 heterocycles. The van der Waals surface area contributed by atoms with Crippen molar-refractivity contribution >= 4 is 59.2 Å². The zero-order valence-corrected chi connectivity index (χ0v) is 14.4. The van der Waals surface area contributed by atoms with Crippen LogP contribution in [0.5, 0.6) is 0 Å². The summed E-state index contributed by atoms with van der Waals surface area (Å²) in [5, 5.41) is 0.393. The van der Waals surface area contributed by atoms with Crippen LogP contribution >= 0.6 is 43.5 Å². The molecular formula is C12H7Br2ClFNO2S. The lowest BCUT2D eigenvalue weighted by Crippen LogP contribution is -2.14. The van der Waals surface area contributed by atoms with E-state index in [1.54, 1.807) is 12.1 Å². The molecule has 2 aromatic rings. The molecule has 0 saturated carbocycles. The number of sulfonamides is 1. The van der Waals surface area contributed by atoms with Gasteiger partial charge in [-0.2, -0.15) is 0 Å². The van der Waals surface area contributed by atoms with Gasteiger partial charge in [-0.3, -0.25) is 4.72 Å². The number of nitrogens with one attached hydrogen (secondary N) is 1. The lowest BCUT2D eigenvalue weighted by molar-refractivity contribution is 0.599. The highest BCUT2D eigenvalue weighted by atomic mass is 79.9. The van der Waals surface area contributed by atoms with Crippen molar-refractivity contribution < 1.29 is 12.8 Å². The van der Waals surface area contributed by atoms with Gasteiger partial charge in [0.15, 0.2) is 0 Å². The van der Waals surface area contributed by atoms with Crippen molar-refractivity contribution in [3.05, 3.63) is 56.2 Å². The lowest BCUT2D eigenvalue weighted by Gasteiger charge is -2.11. The van der Waals surface area contributed by atoms with Gasteiger partial charge in [-0.15, -0.1) is 0 Å². The third kappa shape index (κ3) is 3.52. The molecule has 0 bridgehead atoms. The molecule has 0 unspecified atom stereocenters. The monoisotopic (exact) mass is 441 g/mol. The molecule has 0 atom stereocenters. The molecule has 1 N–H and O–H groups in total. The number of hydrogen-bond donors (Lipinski definition) is 1. The topological polar surface area (TPSA) is 46.2 Å². The predicted octanol–water partition coefficient (Wildman–Crippen LogP) is 4.80. The lowest BCUT2D eigenvalue weighted by atomic mass is 10.3. The van der Waals surface area contributed by atoms with Gasteiger partial charge in [0.1, 0.15) is 10.7 Å². The van der Waals surface area contributed by atoms with Crippen LogP contribution in [-0.4, -0.2) is 8.42 Å². The molecule has 106 valence electrons. The maximum absolute atomic E-state index is 13.0. The minimum atomic E-state index is -3.85. The normalized spacial score (nSPS) is 11.4. The van der Waals surface area contributed by atoms with Crippen LogP contribution in [-0.2, 0) is 10.0 Å². The quantitative estimate of drug-likeness (QED) is 0.741. The molecule has 0 aromatic heterocycles. The Bertz CT molecular complexity index is 768. The first-order valence-electron chi connectivity index (χ1n) is 5.22. The zero-order chi connectivity index (χ0) is 14.9. The van der Waals surface area contributed by atoms with Crippen molar-refractivity contribution in [2.45, 2.75) is 4.90 Å². The van der Waals surface area contributed by atoms with Gasteiger partial charge in [-0.05, 0) is 68.3 Å². The highest BCUT2D eigenvalue weighted by molar-refractivity contribution is 9.11. The Labute approximate surface area is 137 Å². The van der Waals surface area contributed by atoms with Crippen molar-refractivity contribution in [1.29, 1.82) is 0 Å². The summed E-state index contributed by atoms with van der Waals surface area (Å²) in [4.78, 5) is -0.0641. The Hall–Kier alpha value is -0.630. The summed E-state index contributed by atoms with van der Waals surface area (Å²) < 4.78 is 40.6. The van der Waals surface area contributed by atoms with Gasteiger partial charge in [0.2, 0.25) is 0 Å². The number of hydrogen-bond acceptors (Lipinski definition) is 2. The molecule has 2 rings (SSSR count). The second kappa shape index (κ2) is 6.01. The number of anilines is 1. The average Bonchev–Trinajstić information content (AvgIpc) is 2.33. The molecule has 0 saturated heterocycles. The Morgan fingerprint density at radius 3 is 2.40 bits per heavy atom. The fraction of sp³-hybridized carbons (Fsp3) is 0. The second-order valence-corrected chi connectivity index (χ2v) is 7.60. The number of benzene rings is 2. The first kappa shape index (κ1) is 15.8. The summed E-state index contributed by atoms with van der Waals surface area (Å²) in [5.41, 5.74) is 0.300. The van der Waals surface area contributed by atoms with E-state index in [0.717, 1.165) is 12.1 Å². The highest BCUT2D eigenvalue weighted by Gasteiger charge is 2.19. The summed E-state index contributed by atoms with van der Waals surface area (Å²) in [6.45, 7) is 0. The molecule has 0 aliphatic heterocycles. The van der Waals surface area contributed by atoms with E-state index in [9.17, 15) is 12.8 Å². The van der Waals surface area contributed by atoms with Gasteiger partial charge >= 0.3 is 0 Å². The van der Waals surface area contributed by atoms with Gasteiger partial charge in [0.05, 0.1) is 5.69 Å². The van der Waals surface area contributed by atoms with E-state index in [-0.39, 0.29) is 9.37 Å². The minimum Gasteiger partial charge on any atom is -0.278 e. The van der Waals surface area contributed by atoms with Gasteiger partial charge in [-0.1, -0.05) is 11.6 Å². The third-order valence-electron chi connectivity index (χ3n) is 2.36. The maximum atomic E-state index is 13.0. The van der Waals surface area contributed by atoms with Gasteiger partial charge in [-0.25, -0.2) is 12.8 Å². The van der Waals surface area contributed by atoms with Crippen molar-refractivity contribution in [3.8, 4) is 0 Å². The van der Waals surface area contributed by atoms with Crippen LogP contribution in [0.2, 0.25) is 5.02 Å². The molecule has 0 radical (unpaired) electrons. The summed E-state index contributed by atoms with van der Waals surface area (Å²) in [6, 6.07) is 8.06. The fourth-order valence-electron chi connectivity index (χ4n) is 1.47. The molecule has 8 heteroatoms. The molecule has 0 amide bonds. The Morgan fingerprint density at radius 2 is 1.75 bits per heavy atom. The van der Waals surface area contributed by atoms with Crippen molar-refractivity contribution in [2.75, 3.05) is 4.72 Å². The van der Waals surface area contributed by atoms with Crippen LogP contribution < -0.4 is 4.72 Å². The first-order valence-corrected chi connectivity index (χ1v) is 8.67. The van der Waals surface area contributed by atoms with E-state index in [2.05, 4.69) is 36.6 Å². The Balaban J connectivity index is 2.43. The zero-order valence-electron chi connectivity index (χ0n) is 9.70. The van der Waals surface area contributed by atoms with E-state index in [1.807, 2.05) is 0 Å². The fourth-order valence-corrected chi connectivity index (χ4v) is 4.24. The molecular weight excluding hydrogens is 436 g/mol. The van der Waals surface area contributed by atoms with Crippen LogP contribution in [0.1, 0.15) is 0 Å². The molecule has 0 fully saturated rings. The molecule has 3 nitrogen and oxygen atoms in total. The number of halogens is 4.